The van der Waals surface area contributed by atoms with Crippen molar-refractivity contribution in [2.45, 2.75) is 44.8 Å². The molecule has 1 aromatic carbocycles. The predicted octanol–water partition coefficient (Wildman–Crippen LogP) is 3.72. The first kappa shape index (κ1) is 16.4. The third-order valence-corrected chi connectivity index (χ3v) is 6.22. The van der Waals surface area contributed by atoms with Crippen LogP contribution in [0, 0.1) is 29.6 Å². The minimum atomic E-state index is -0.280. The number of ether oxygens (including phenoxy) is 2. The lowest BCUT2D eigenvalue weighted by atomic mass is 9.74. The van der Waals surface area contributed by atoms with Gasteiger partial charge in [-0.1, -0.05) is 37.5 Å². The van der Waals surface area contributed by atoms with E-state index in [2.05, 4.69) is 25.3 Å². The van der Waals surface area contributed by atoms with Crippen molar-refractivity contribution in [2.24, 2.45) is 17.8 Å². The number of ketones is 1. The molecule has 2 saturated heterocycles. The summed E-state index contributed by atoms with van der Waals surface area (Å²) in [5.74, 6) is 7.34. The van der Waals surface area contributed by atoms with Crippen LogP contribution in [0.4, 0.5) is 0 Å². The summed E-state index contributed by atoms with van der Waals surface area (Å²) in [5, 5.41) is 0. The third kappa shape index (κ3) is 2.28. The number of rotatable bonds is 3. The van der Waals surface area contributed by atoms with Crippen molar-refractivity contribution in [2.75, 3.05) is 7.11 Å². The lowest BCUT2D eigenvalue weighted by Crippen LogP contribution is -2.32. The molecule has 3 nitrogen and oxygen atoms in total. The fourth-order valence-electron chi connectivity index (χ4n) is 5.14. The fourth-order valence-corrected chi connectivity index (χ4v) is 5.14. The van der Waals surface area contributed by atoms with Crippen LogP contribution < -0.4 is 4.74 Å². The van der Waals surface area contributed by atoms with Gasteiger partial charge in [-0.3, -0.25) is 4.79 Å². The Bertz CT molecular complexity index is 797. The Morgan fingerprint density at radius 3 is 2.84 bits per heavy atom. The molecule has 0 aromatic heterocycles. The molecule has 1 aliphatic carbocycles. The van der Waals surface area contributed by atoms with Crippen molar-refractivity contribution in [3.63, 3.8) is 0 Å². The summed E-state index contributed by atoms with van der Waals surface area (Å²) in [5.41, 5.74) is 2.82. The highest BCUT2D eigenvalue weighted by Gasteiger charge is 2.62. The van der Waals surface area contributed by atoms with Crippen LogP contribution in [0.15, 0.2) is 30.4 Å². The standard InChI is InChI=1S/C22H24O3/c1-5-7-13-8-9-15(16(10-13)24-4)18-12(3)19-20(21(18)23)17-11-14(6-2)22(19)25-17/h8-10,14,17-20,22H,3,6,11H2,1-2,4H3/t14-,17+,18?,19+,20+,22-/m1/s1. The highest BCUT2D eigenvalue weighted by atomic mass is 16.5. The number of hydrogen-bond donors (Lipinski definition) is 0. The highest BCUT2D eigenvalue weighted by molar-refractivity contribution is 5.96. The zero-order valence-electron chi connectivity index (χ0n) is 15.0. The molecule has 1 saturated carbocycles. The Balaban J connectivity index is 1.72. The van der Waals surface area contributed by atoms with Crippen LogP contribution in [0.1, 0.15) is 43.7 Å². The van der Waals surface area contributed by atoms with Gasteiger partial charge in [0.1, 0.15) is 5.75 Å². The van der Waals surface area contributed by atoms with Crippen LogP contribution in [0.3, 0.4) is 0 Å². The van der Waals surface area contributed by atoms with Crippen molar-refractivity contribution >= 4 is 5.78 Å². The van der Waals surface area contributed by atoms with E-state index < -0.39 is 0 Å². The molecule has 2 heterocycles. The summed E-state index contributed by atoms with van der Waals surface area (Å²) in [7, 11) is 1.64. The Morgan fingerprint density at radius 1 is 1.36 bits per heavy atom. The summed E-state index contributed by atoms with van der Waals surface area (Å²) in [6, 6.07) is 5.86. The van der Waals surface area contributed by atoms with Gasteiger partial charge < -0.3 is 9.47 Å². The van der Waals surface area contributed by atoms with Crippen LogP contribution in [0.5, 0.6) is 5.75 Å². The van der Waals surface area contributed by atoms with Gasteiger partial charge in [0, 0.05) is 17.0 Å². The first-order valence-electron chi connectivity index (χ1n) is 9.09. The number of benzene rings is 1. The maximum absolute atomic E-state index is 13.2. The number of fused-ring (bicyclic) bond motifs is 5. The Hall–Kier alpha value is -2.05. The Labute approximate surface area is 149 Å². The maximum atomic E-state index is 13.2. The second-order valence-electron chi connectivity index (χ2n) is 7.34. The lowest BCUT2D eigenvalue weighted by Gasteiger charge is -2.27. The van der Waals surface area contributed by atoms with Crippen molar-refractivity contribution in [3.05, 3.63) is 41.5 Å². The molecule has 2 bridgehead atoms. The van der Waals surface area contributed by atoms with E-state index in [1.807, 2.05) is 25.1 Å². The van der Waals surface area contributed by atoms with Gasteiger partial charge >= 0.3 is 0 Å². The zero-order valence-corrected chi connectivity index (χ0v) is 15.0. The largest absolute Gasteiger partial charge is 0.496 e. The van der Waals surface area contributed by atoms with E-state index in [-0.39, 0.29) is 35.7 Å². The smallest absolute Gasteiger partial charge is 0.150 e. The van der Waals surface area contributed by atoms with Crippen molar-refractivity contribution in [1.82, 2.24) is 0 Å². The van der Waals surface area contributed by atoms with E-state index in [9.17, 15) is 4.79 Å². The normalized spacial score (nSPS) is 35.5. The average molecular weight is 336 g/mol. The number of carbonyl (C=O) groups is 1. The van der Waals surface area contributed by atoms with E-state index in [0.717, 1.165) is 35.3 Å². The molecule has 1 aromatic rings. The van der Waals surface area contributed by atoms with E-state index >= 15 is 0 Å². The van der Waals surface area contributed by atoms with Gasteiger partial charge in [-0.15, -0.1) is 5.92 Å². The van der Waals surface area contributed by atoms with Gasteiger partial charge in [-0.25, -0.2) is 0 Å². The van der Waals surface area contributed by atoms with Crippen LogP contribution in [-0.4, -0.2) is 25.1 Å². The summed E-state index contributed by atoms with van der Waals surface area (Å²) >= 11 is 0. The van der Waals surface area contributed by atoms with E-state index in [4.69, 9.17) is 9.47 Å². The summed E-state index contributed by atoms with van der Waals surface area (Å²) in [4.78, 5) is 13.2. The second kappa shape index (κ2) is 6.04. The summed E-state index contributed by atoms with van der Waals surface area (Å²) < 4.78 is 11.7. The highest BCUT2D eigenvalue weighted by Crippen LogP contribution is 2.59. The first-order valence-corrected chi connectivity index (χ1v) is 9.09. The molecule has 0 N–H and O–H groups in total. The predicted molar refractivity (Wildman–Crippen MR) is 96.5 cm³/mol. The Kier molecular flexibility index (Phi) is 3.96. The molecule has 0 radical (unpaired) electrons. The molecule has 2 aliphatic heterocycles. The van der Waals surface area contributed by atoms with Gasteiger partial charge in [0.25, 0.3) is 0 Å². The van der Waals surface area contributed by atoms with Crippen molar-refractivity contribution < 1.29 is 14.3 Å². The number of methoxy groups -OCH3 is 1. The molecular formula is C22H24O3. The second-order valence-corrected chi connectivity index (χ2v) is 7.34. The molecule has 3 fully saturated rings. The zero-order chi connectivity index (χ0) is 17.7. The van der Waals surface area contributed by atoms with Crippen molar-refractivity contribution in [1.29, 1.82) is 0 Å². The number of Topliss-reactive ketones (excluding diaryl/α,β-unsaturated/α-hetero) is 1. The molecular weight excluding hydrogens is 312 g/mol. The van der Waals surface area contributed by atoms with Crippen LogP contribution in [-0.2, 0) is 9.53 Å². The topological polar surface area (TPSA) is 35.5 Å². The number of carbonyl (C=O) groups excluding carboxylic acids is 1. The molecule has 3 aliphatic rings. The van der Waals surface area contributed by atoms with Crippen molar-refractivity contribution in [3.8, 4) is 17.6 Å². The molecule has 6 atom stereocenters. The lowest BCUT2D eigenvalue weighted by molar-refractivity contribution is -0.123. The van der Waals surface area contributed by atoms with Crippen LogP contribution in [0.25, 0.3) is 0 Å². The van der Waals surface area contributed by atoms with Crippen LogP contribution >= 0.6 is 0 Å². The van der Waals surface area contributed by atoms with Gasteiger partial charge in [0.2, 0.25) is 0 Å². The van der Waals surface area contributed by atoms with Gasteiger partial charge in [0.05, 0.1) is 31.2 Å². The summed E-state index contributed by atoms with van der Waals surface area (Å²) in [6.07, 6.45) is 2.35. The van der Waals surface area contributed by atoms with E-state index in [1.54, 1.807) is 7.11 Å². The first-order chi connectivity index (χ1) is 12.1. The molecule has 1 unspecified atom stereocenters. The minimum absolute atomic E-state index is 0.0230. The fraction of sp³-hybridized carbons (Fsp3) is 0.500. The molecule has 3 heteroatoms. The van der Waals surface area contributed by atoms with E-state index in [0.29, 0.717) is 5.92 Å². The van der Waals surface area contributed by atoms with E-state index in [1.165, 1.54) is 0 Å². The minimum Gasteiger partial charge on any atom is -0.496 e. The number of hydrogen-bond acceptors (Lipinski definition) is 3. The van der Waals surface area contributed by atoms with Gasteiger partial charge in [0.15, 0.2) is 5.78 Å². The molecule has 0 amide bonds. The molecule has 0 spiro atoms. The van der Waals surface area contributed by atoms with Crippen LogP contribution in [0.2, 0.25) is 0 Å². The molecule has 25 heavy (non-hydrogen) atoms. The summed E-state index contributed by atoms with van der Waals surface area (Å²) in [6.45, 7) is 8.36. The molecule has 130 valence electrons. The average Bonchev–Trinajstić information content (AvgIpc) is 3.27. The monoisotopic (exact) mass is 336 g/mol. The third-order valence-electron chi connectivity index (χ3n) is 6.22. The maximum Gasteiger partial charge on any atom is 0.150 e. The quantitative estimate of drug-likeness (QED) is 0.623. The van der Waals surface area contributed by atoms with Gasteiger partial charge in [-0.05, 0) is 31.4 Å². The SMILES string of the molecule is C=C1C(c2ccc(C#CC)cc2OC)C(=O)[C@@H]2[C@H]1[C@@H]1O[C@H]2C[C@H]1CC. The molecule has 4 rings (SSSR count). The Morgan fingerprint density at radius 2 is 2.16 bits per heavy atom. The van der Waals surface area contributed by atoms with Gasteiger partial charge in [-0.2, -0.15) is 0 Å².